The molecular formula is C12H25NO2. The molecule has 0 aromatic rings. The Hall–Kier alpha value is -0.120. The third-order valence-electron chi connectivity index (χ3n) is 2.94. The normalized spacial score (nSPS) is 20.2. The van der Waals surface area contributed by atoms with Crippen molar-refractivity contribution in [2.24, 2.45) is 5.92 Å². The van der Waals surface area contributed by atoms with E-state index in [0.29, 0.717) is 6.61 Å². The molecule has 0 radical (unpaired) electrons. The smallest absolute Gasteiger partial charge is 0.0668 e. The molecule has 15 heavy (non-hydrogen) atoms. The average molecular weight is 215 g/mol. The van der Waals surface area contributed by atoms with Gasteiger partial charge in [-0.2, -0.15) is 0 Å². The van der Waals surface area contributed by atoms with Crippen LogP contribution in [0, 0.1) is 5.92 Å². The first-order valence-electron chi connectivity index (χ1n) is 6.14. The van der Waals surface area contributed by atoms with Gasteiger partial charge in [-0.05, 0) is 32.2 Å². The van der Waals surface area contributed by atoms with Gasteiger partial charge in [0.1, 0.15) is 0 Å². The molecule has 1 fully saturated rings. The lowest BCUT2D eigenvalue weighted by atomic mass is 10.1. The summed E-state index contributed by atoms with van der Waals surface area (Å²) in [5, 5.41) is 12.6. The Morgan fingerprint density at radius 2 is 2.20 bits per heavy atom. The lowest BCUT2D eigenvalue weighted by molar-refractivity contribution is 0.0420. The minimum atomic E-state index is -0.264. The summed E-state index contributed by atoms with van der Waals surface area (Å²) >= 11 is 0. The molecule has 0 bridgehead atoms. The highest BCUT2D eigenvalue weighted by molar-refractivity contribution is 4.82. The Morgan fingerprint density at radius 3 is 2.73 bits per heavy atom. The molecule has 3 nitrogen and oxygen atoms in total. The summed E-state index contributed by atoms with van der Waals surface area (Å²) in [6.07, 6.45) is 5.04. The second-order valence-corrected chi connectivity index (χ2v) is 4.93. The first kappa shape index (κ1) is 12.9. The van der Waals surface area contributed by atoms with Crippen molar-refractivity contribution in [3.8, 4) is 0 Å². The van der Waals surface area contributed by atoms with Crippen molar-refractivity contribution >= 4 is 0 Å². The van der Waals surface area contributed by atoms with Gasteiger partial charge in [0.15, 0.2) is 0 Å². The maximum absolute atomic E-state index is 9.29. The molecule has 3 heteroatoms. The van der Waals surface area contributed by atoms with Crippen LogP contribution in [0.5, 0.6) is 0 Å². The van der Waals surface area contributed by atoms with Crippen molar-refractivity contribution in [1.29, 1.82) is 0 Å². The predicted molar refractivity (Wildman–Crippen MR) is 61.9 cm³/mol. The zero-order valence-corrected chi connectivity index (χ0v) is 10.1. The molecule has 0 aromatic heterocycles. The Bertz CT molecular complexity index is 171. The zero-order valence-electron chi connectivity index (χ0n) is 10.1. The molecule has 0 aliphatic heterocycles. The van der Waals surface area contributed by atoms with E-state index in [-0.39, 0.29) is 12.1 Å². The summed E-state index contributed by atoms with van der Waals surface area (Å²) in [7, 11) is 0. The maximum atomic E-state index is 9.29. The van der Waals surface area contributed by atoms with Crippen LogP contribution >= 0.6 is 0 Å². The van der Waals surface area contributed by atoms with E-state index >= 15 is 0 Å². The number of aliphatic hydroxyl groups excluding tert-OH is 1. The molecule has 0 aromatic carbocycles. The fourth-order valence-electron chi connectivity index (χ4n) is 1.53. The lowest BCUT2D eigenvalue weighted by Crippen LogP contribution is -2.50. The summed E-state index contributed by atoms with van der Waals surface area (Å²) in [5.41, 5.74) is -0.264. The Kier molecular flexibility index (Phi) is 5.58. The fourth-order valence-corrected chi connectivity index (χ4v) is 1.53. The van der Waals surface area contributed by atoms with Gasteiger partial charge >= 0.3 is 0 Å². The van der Waals surface area contributed by atoms with Crippen molar-refractivity contribution in [2.75, 3.05) is 26.4 Å². The highest BCUT2D eigenvalue weighted by Crippen LogP contribution is 2.32. The van der Waals surface area contributed by atoms with Gasteiger partial charge in [0, 0.05) is 6.61 Å². The Balaban J connectivity index is 2.06. The van der Waals surface area contributed by atoms with Crippen molar-refractivity contribution in [2.45, 2.75) is 45.1 Å². The average Bonchev–Trinajstić information content (AvgIpc) is 3.05. The van der Waals surface area contributed by atoms with Crippen LogP contribution in [0.3, 0.4) is 0 Å². The second kappa shape index (κ2) is 6.46. The molecule has 0 amide bonds. The van der Waals surface area contributed by atoms with Crippen molar-refractivity contribution < 1.29 is 9.84 Å². The Morgan fingerprint density at radius 1 is 1.47 bits per heavy atom. The minimum absolute atomic E-state index is 0.135. The Labute approximate surface area is 93.2 Å². The van der Waals surface area contributed by atoms with E-state index in [1.807, 2.05) is 6.92 Å². The van der Waals surface area contributed by atoms with E-state index in [0.717, 1.165) is 25.5 Å². The largest absolute Gasteiger partial charge is 0.394 e. The van der Waals surface area contributed by atoms with E-state index in [4.69, 9.17) is 4.74 Å². The molecule has 1 aliphatic rings. The highest BCUT2D eigenvalue weighted by Gasteiger charge is 2.24. The standard InChI is InChI=1S/C12H25NO2/c1-3-7-13-12(2,9-14)10-15-8-6-11-4-5-11/h11,13-14H,3-10H2,1-2H3. The van der Waals surface area contributed by atoms with Gasteiger partial charge in [-0.15, -0.1) is 0 Å². The van der Waals surface area contributed by atoms with Gasteiger partial charge in [0.25, 0.3) is 0 Å². The molecule has 0 heterocycles. The minimum Gasteiger partial charge on any atom is -0.394 e. The van der Waals surface area contributed by atoms with Gasteiger partial charge in [-0.3, -0.25) is 0 Å². The SMILES string of the molecule is CCCNC(C)(CO)COCCC1CC1. The summed E-state index contributed by atoms with van der Waals surface area (Å²) in [4.78, 5) is 0. The van der Waals surface area contributed by atoms with Crippen molar-refractivity contribution in [3.05, 3.63) is 0 Å². The van der Waals surface area contributed by atoms with E-state index in [1.165, 1.54) is 19.3 Å². The van der Waals surface area contributed by atoms with Crippen LogP contribution in [-0.4, -0.2) is 37.0 Å². The fraction of sp³-hybridized carbons (Fsp3) is 1.00. The second-order valence-electron chi connectivity index (χ2n) is 4.93. The summed E-state index contributed by atoms with van der Waals surface area (Å²) in [6, 6.07) is 0. The van der Waals surface area contributed by atoms with Gasteiger partial charge in [0.2, 0.25) is 0 Å². The highest BCUT2D eigenvalue weighted by atomic mass is 16.5. The quantitative estimate of drug-likeness (QED) is 0.573. The molecule has 1 rings (SSSR count). The first-order chi connectivity index (χ1) is 7.20. The van der Waals surface area contributed by atoms with E-state index < -0.39 is 0 Å². The van der Waals surface area contributed by atoms with Gasteiger partial charge < -0.3 is 15.2 Å². The van der Waals surface area contributed by atoms with Gasteiger partial charge in [0.05, 0.1) is 18.8 Å². The predicted octanol–water partition coefficient (Wildman–Crippen LogP) is 1.55. The summed E-state index contributed by atoms with van der Waals surface area (Å²) in [6.45, 7) is 6.66. The van der Waals surface area contributed by atoms with Crippen LogP contribution in [0.2, 0.25) is 0 Å². The third kappa shape index (κ3) is 5.50. The zero-order chi connectivity index (χ0) is 11.1. The molecule has 90 valence electrons. The maximum Gasteiger partial charge on any atom is 0.0668 e. The number of nitrogens with one attached hydrogen (secondary N) is 1. The van der Waals surface area contributed by atoms with Gasteiger partial charge in [-0.1, -0.05) is 19.8 Å². The summed E-state index contributed by atoms with van der Waals surface area (Å²) in [5.74, 6) is 0.925. The number of rotatable bonds is 9. The van der Waals surface area contributed by atoms with Gasteiger partial charge in [-0.25, -0.2) is 0 Å². The van der Waals surface area contributed by atoms with Crippen LogP contribution in [-0.2, 0) is 4.74 Å². The number of hydrogen-bond acceptors (Lipinski definition) is 3. The van der Waals surface area contributed by atoms with E-state index in [2.05, 4.69) is 12.2 Å². The molecule has 1 aliphatic carbocycles. The molecular weight excluding hydrogens is 190 g/mol. The number of ether oxygens (including phenoxy) is 1. The van der Waals surface area contributed by atoms with E-state index in [9.17, 15) is 5.11 Å². The van der Waals surface area contributed by atoms with Crippen molar-refractivity contribution in [1.82, 2.24) is 5.32 Å². The van der Waals surface area contributed by atoms with E-state index in [1.54, 1.807) is 0 Å². The number of aliphatic hydroxyl groups is 1. The molecule has 1 atom stereocenters. The molecule has 2 N–H and O–H groups in total. The monoisotopic (exact) mass is 215 g/mol. The first-order valence-corrected chi connectivity index (χ1v) is 6.14. The van der Waals surface area contributed by atoms with Crippen molar-refractivity contribution in [3.63, 3.8) is 0 Å². The van der Waals surface area contributed by atoms with Crippen LogP contribution in [0.1, 0.15) is 39.5 Å². The molecule has 0 spiro atoms. The topological polar surface area (TPSA) is 41.5 Å². The van der Waals surface area contributed by atoms with Crippen LogP contribution < -0.4 is 5.32 Å². The van der Waals surface area contributed by atoms with Crippen LogP contribution in [0.4, 0.5) is 0 Å². The molecule has 0 saturated heterocycles. The van der Waals surface area contributed by atoms with Crippen LogP contribution in [0.25, 0.3) is 0 Å². The summed E-state index contributed by atoms with van der Waals surface area (Å²) < 4.78 is 5.62. The van der Waals surface area contributed by atoms with Crippen LogP contribution in [0.15, 0.2) is 0 Å². The number of hydrogen-bond donors (Lipinski definition) is 2. The molecule has 1 saturated carbocycles. The molecule has 1 unspecified atom stereocenters. The lowest BCUT2D eigenvalue weighted by Gasteiger charge is -2.28. The third-order valence-corrected chi connectivity index (χ3v) is 2.94.